The summed E-state index contributed by atoms with van der Waals surface area (Å²) in [5.74, 6) is 0. The van der Waals surface area contributed by atoms with Gasteiger partial charge in [-0.05, 0) is 42.5 Å². The fourth-order valence-corrected chi connectivity index (χ4v) is 3.22. The number of anilines is 1. The lowest BCUT2D eigenvalue weighted by molar-refractivity contribution is -0.137. The first-order valence-corrected chi connectivity index (χ1v) is 7.46. The van der Waals surface area contributed by atoms with Gasteiger partial charge < -0.3 is 5.73 Å². The molecule has 0 aromatic heterocycles. The van der Waals surface area contributed by atoms with Gasteiger partial charge in [-0.15, -0.1) is 0 Å². The van der Waals surface area contributed by atoms with Crippen molar-refractivity contribution in [2.24, 2.45) is 0 Å². The third-order valence-electron chi connectivity index (χ3n) is 2.75. The van der Waals surface area contributed by atoms with Crippen LogP contribution in [0.4, 0.5) is 18.9 Å². The monoisotopic (exact) mass is 335 g/mol. The van der Waals surface area contributed by atoms with Crippen molar-refractivity contribution in [3.8, 4) is 0 Å². The number of hydrogen-bond donors (Lipinski definition) is 1. The molecule has 3 nitrogen and oxygen atoms in total. The van der Waals surface area contributed by atoms with Crippen LogP contribution in [0.25, 0.3) is 0 Å². The minimum atomic E-state index is -4.65. The van der Waals surface area contributed by atoms with E-state index in [0.717, 1.165) is 12.1 Å². The largest absolute Gasteiger partial charge is 0.416 e. The zero-order valence-electron chi connectivity index (χ0n) is 10.4. The van der Waals surface area contributed by atoms with Gasteiger partial charge in [0, 0.05) is 5.02 Å². The second kappa shape index (κ2) is 5.23. The van der Waals surface area contributed by atoms with Crippen LogP contribution in [0, 0.1) is 0 Å². The predicted octanol–water partition coefficient (Wildman–Crippen LogP) is 3.77. The first-order chi connectivity index (χ1) is 9.62. The van der Waals surface area contributed by atoms with Crippen molar-refractivity contribution < 1.29 is 21.6 Å². The van der Waals surface area contributed by atoms with Gasteiger partial charge in [-0.1, -0.05) is 11.6 Å². The van der Waals surface area contributed by atoms with Crippen LogP contribution in [-0.2, 0) is 16.0 Å². The van der Waals surface area contributed by atoms with Crippen molar-refractivity contribution in [2.75, 3.05) is 5.73 Å². The Labute approximate surface area is 124 Å². The lowest BCUT2D eigenvalue weighted by Gasteiger charge is -2.12. The smallest absolute Gasteiger partial charge is 0.398 e. The lowest BCUT2D eigenvalue weighted by Crippen LogP contribution is -2.10. The molecular weight excluding hydrogens is 327 g/mol. The van der Waals surface area contributed by atoms with Crippen molar-refractivity contribution in [2.45, 2.75) is 16.0 Å². The lowest BCUT2D eigenvalue weighted by atomic mass is 10.2. The fourth-order valence-electron chi connectivity index (χ4n) is 1.68. The average Bonchev–Trinajstić information content (AvgIpc) is 2.38. The van der Waals surface area contributed by atoms with E-state index in [1.54, 1.807) is 0 Å². The van der Waals surface area contributed by atoms with E-state index in [2.05, 4.69) is 0 Å². The number of nitrogen functional groups attached to an aromatic ring is 1. The van der Waals surface area contributed by atoms with E-state index in [0.29, 0.717) is 11.1 Å². The summed E-state index contributed by atoms with van der Waals surface area (Å²) in [7, 11) is -4.15. The third kappa shape index (κ3) is 3.14. The normalized spacial score (nSPS) is 12.4. The molecule has 21 heavy (non-hydrogen) atoms. The van der Waals surface area contributed by atoms with Gasteiger partial charge in [-0.25, -0.2) is 8.42 Å². The van der Waals surface area contributed by atoms with Crippen molar-refractivity contribution in [1.29, 1.82) is 0 Å². The molecule has 0 aliphatic heterocycles. The van der Waals surface area contributed by atoms with Crippen molar-refractivity contribution in [3.63, 3.8) is 0 Å². The highest BCUT2D eigenvalue weighted by Crippen LogP contribution is 2.34. The Morgan fingerprint density at radius 2 is 1.57 bits per heavy atom. The van der Waals surface area contributed by atoms with Gasteiger partial charge in [0.1, 0.15) is 0 Å². The number of rotatable bonds is 2. The Morgan fingerprint density at radius 3 is 2.10 bits per heavy atom. The first kappa shape index (κ1) is 15.7. The molecule has 0 aliphatic rings. The van der Waals surface area contributed by atoms with Gasteiger partial charge in [0.15, 0.2) is 0 Å². The fraction of sp³-hybridized carbons (Fsp3) is 0.0769. The van der Waals surface area contributed by atoms with Crippen LogP contribution in [0.5, 0.6) is 0 Å². The van der Waals surface area contributed by atoms with E-state index in [1.165, 1.54) is 24.3 Å². The summed E-state index contributed by atoms with van der Waals surface area (Å²) in [6, 6.07) is 7.26. The summed E-state index contributed by atoms with van der Waals surface area (Å²) in [4.78, 5) is -0.766. The SMILES string of the molecule is Nc1ccc(C(F)(F)F)cc1S(=O)(=O)c1ccc(Cl)cc1. The number of sulfone groups is 1. The van der Waals surface area contributed by atoms with Crippen LogP contribution in [0.2, 0.25) is 5.02 Å². The summed E-state index contributed by atoms with van der Waals surface area (Å²) in [5.41, 5.74) is 4.18. The van der Waals surface area contributed by atoms with E-state index >= 15 is 0 Å². The number of nitrogens with two attached hydrogens (primary N) is 1. The predicted molar refractivity (Wildman–Crippen MR) is 72.8 cm³/mol. The summed E-state index contributed by atoms with van der Waals surface area (Å²) in [5, 5.41) is 0.311. The standard InChI is InChI=1S/C13H9ClF3NO2S/c14-9-2-4-10(5-3-9)21(19,20)12-7-8(13(15,16)17)1-6-11(12)18/h1-7H,18H2. The molecule has 0 fully saturated rings. The zero-order chi connectivity index (χ0) is 15.8. The van der Waals surface area contributed by atoms with E-state index in [-0.39, 0.29) is 10.6 Å². The van der Waals surface area contributed by atoms with Crippen LogP contribution in [0.15, 0.2) is 52.3 Å². The molecule has 0 unspecified atom stereocenters. The first-order valence-electron chi connectivity index (χ1n) is 5.60. The van der Waals surface area contributed by atoms with Crippen molar-refractivity contribution >= 4 is 27.1 Å². The number of benzene rings is 2. The van der Waals surface area contributed by atoms with Gasteiger partial charge in [0.2, 0.25) is 9.84 Å². The van der Waals surface area contributed by atoms with Crippen LogP contribution in [0.3, 0.4) is 0 Å². The molecule has 0 bridgehead atoms. The number of halogens is 4. The Kier molecular flexibility index (Phi) is 3.90. The maximum atomic E-state index is 12.7. The summed E-state index contributed by atoms with van der Waals surface area (Å²) >= 11 is 5.66. The molecule has 0 saturated carbocycles. The minimum Gasteiger partial charge on any atom is -0.398 e. The average molecular weight is 336 g/mol. The minimum absolute atomic E-state index is 0.182. The summed E-state index contributed by atoms with van der Waals surface area (Å²) in [6.07, 6.45) is -4.65. The van der Waals surface area contributed by atoms with E-state index < -0.39 is 26.5 Å². The molecule has 112 valence electrons. The maximum Gasteiger partial charge on any atom is 0.416 e. The molecule has 2 aromatic rings. The van der Waals surface area contributed by atoms with Crippen LogP contribution in [0.1, 0.15) is 5.56 Å². The van der Waals surface area contributed by atoms with Gasteiger partial charge >= 0.3 is 6.18 Å². The molecule has 0 spiro atoms. The molecule has 0 atom stereocenters. The van der Waals surface area contributed by atoms with Gasteiger partial charge in [0.05, 0.1) is 21.0 Å². The van der Waals surface area contributed by atoms with E-state index in [4.69, 9.17) is 17.3 Å². The Bertz CT molecular complexity index is 771. The Morgan fingerprint density at radius 1 is 1.00 bits per heavy atom. The topological polar surface area (TPSA) is 60.2 Å². The van der Waals surface area contributed by atoms with Crippen LogP contribution >= 0.6 is 11.6 Å². The van der Waals surface area contributed by atoms with Gasteiger partial charge in [0.25, 0.3) is 0 Å². The second-order valence-electron chi connectivity index (χ2n) is 4.21. The van der Waals surface area contributed by atoms with E-state index in [9.17, 15) is 21.6 Å². The van der Waals surface area contributed by atoms with Crippen LogP contribution in [-0.4, -0.2) is 8.42 Å². The highest BCUT2D eigenvalue weighted by Gasteiger charge is 2.33. The van der Waals surface area contributed by atoms with Crippen molar-refractivity contribution in [1.82, 2.24) is 0 Å². The summed E-state index contributed by atoms with van der Waals surface area (Å²) < 4.78 is 62.8. The molecule has 0 amide bonds. The van der Waals surface area contributed by atoms with Gasteiger partial charge in [-0.2, -0.15) is 13.2 Å². The molecular formula is C13H9ClF3NO2S. The Hall–Kier alpha value is -1.73. The van der Waals surface area contributed by atoms with Crippen LogP contribution < -0.4 is 5.73 Å². The molecule has 0 radical (unpaired) electrons. The molecule has 2 N–H and O–H groups in total. The summed E-state index contributed by atoms with van der Waals surface area (Å²) in [6.45, 7) is 0. The van der Waals surface area contributed by atoms with Crippen molar-refractivity contribution in [3.05, 3.63) is 53.1 Å². The third-order valence-corrected chi connectivity index (χ3v) is 4.83. The quantitative estimate of drug-likeness (QED) is 0.850. The molecule has 2 aromatic carbocycles. The second-order valence-corrected chi connectivity index (χ2v) is 6.56. The molecule has 2 rings (SSSR count). The number of alkyl halides is 3. The molecule has 0 saturated heterocycles. The zero-order valence-corrected chi connectivity index (χ0v) is 11.9. The molecule has 8 heteroatoms. The Balaban J connectivity index is 2.62. The highest BCUT2D eigenvalue weighted by atomic mass is 35.5. The van der Waals surface area contributed by atoms with Gasteiger partial charge in [-0.3, -0.25) is 0 Å². The highest BCUT2D eigenvalue weighted by molar-refractivity contribution is 7.91. The molecule has 0 heterocycles. The number of hydrogen-bond acceptors (Lipinski definition) is 3. The maximum absolute atomic E-state index is 12.7. The molecule has 0 aliphatic carbocycles. The van der Waals surface area contributed by atoms with E-state index in [1.807, 2.05) is 0 Å².